The Kier molecular flexibility index (Phi) is 10.5. The average molecular weight is 793 g/mol. The highest BCUT2D eigenvalue weighted by Gasteiger charge is 2.24. The van der Waals surface area contributed by atoms with Crippen LogP contribution in [-0.4, -0.2) is 0 Å². The Hall–Kier alpha value is -8.20. The number of benzene rings is 10. The van der Waals surface area contributed by atoms with Gasteiger partial charge in [0.15, 0.2) is 0 Å². The third kappa shape index (κ3) is 7.81. The van der Waals surface area contributed by atoms with Crippen LogP contribution in [0.5, 0.6) is 0 Å². The fraction of sp³-hybridized carbons (Fsp3) is 0. The lowest BCUT2D eigenvalue weighted by molar-refractivity contribution is 1.28. The van der Waals surface area contributed by atoms with E-state index in [1.807, 2.05) is 12.1 Å². The largest absolute Gasteiger partial charge is 0.399 e. The Morgan fingerprint density at radius 1 is 0.226 bits per heavy atom. The van der Waals surface area contributed by atoms with Gasteiger partial charge < -0.3 is 10.6 Å². The van der Waals surface area contributed by atoms with Crippen LogP contribution in [0.3, 0.4) is 0 Å². The molecule has 0 saturated carbocycles. The quantitative estimate of drug-likeness (QED) is 0.140. The van der Waals surface area contributed by atoms with Crippen molar-refractivity contribution in [3.05, 3.63) is 255 Å². The zero-order valence-electron chi connectivity index (χ0n) is 34.3. The number of hydrogen-bond donors (Lipinski definition) is 1. The lowest BCUT2D eigenvalue weighted by atomic mass is 9.85. The van der Waals surface area contributed by atoms with Gasteiger partial charge in [-0.15, -0.1) is 0 Å². The van der Waals surface area contributed by atoms with E-state index in [-0.39, 0.29) is 0 Å². The van der Waals surface area contributed by atoms with Crippen molar-refractivity contribution < 1.29 is 0 Å². The van der Waals surface area contributed by atoms with Crippen LogP contribution in [-0.2, 0) is 0 Å². The minimum absolute atomic E-state index is 0.736. The molecule has 10 aromatic carbocycles. The minimum atomic E-state index is 0.736. The highest BCUT2D eigenvalue weighted by Crippen LogP contribution is 2.50. The van der Waals surface area contributed by atoms with Crippen molar-refractivity contribution in [3.63, 3.8) is 0 Å². The minimum Gasteiger partial charge on any atom is -0.399 e. The second-order valence-corrected chi connectivity index (χ2v) is 15.6. The van der Waals surface area contributed by atoms with E-state index < -0.39 is 0 Å². The number of rotatable bonds is 10. The molecule has 0 atom stereocenters. The van der Waals surface area contributed by atoms with E-state index in [1.54, 1.807) is 0 Å². The first-order valence-corrected chi connectivity index (χ1v) is 21.1. The molecule has 0 aliphatic heterocycles. The number of anilines is 4. The van der Waals surface area contributed by atoms with Crippen molar-refractivity contribution in [3.8, 4) is 77.9 Å². The van der Waals surface area contributed by atoms with Gasteiger partial charge in [-0.3, -0.25) is 0 Å². The maximum absolute atomic E-state index is 6.29. The Labute approximate surface area is 364 Å². The summed E-state index contributed by atoms with van der Waals surface area (Å²) in [4.78, 5) is 2.42. The summed E-state index contributed by atoms with van der Waals surface area (Å²) in [5, 5.41) is 0. The van der Waals surface area contributed by atoms with E-state index in [0.29, 0.717) is 0 Å². The van der Waals surface area contributed by atoms with Gasteiger partial charge in [0, 0.05) is 22.6 Å². The Balaban J connectivity index is 1.23. The Morgan fingerprint density at radius 2 is 0.516 bits per heavy atom. The van der Waals surface area contributed by atoms with E-state index in [9.17, 15) is 0 Å². The summed E-state index contributed by atoms with van der Waals surface area (Å²) in [5.41, 5.74) is 26.4. The number of nitrogens with two attached hydrogens (primary N) is 1. The molecule has 2 nitrogen and oxygen atoms in total. The van der Waals surface area contributed by atoms with Gasteiger partial charge in [-0.05, 0) is 115 Å². The van der Waals surface area contributed by atoms with Gasteiger partial charge in [-0.2, -0.15) is 0 Å². The highest BCUT2D eigenvalue weighted by atomic mass is 15.1. The summed E-state index contributed by atoms with van der Waals surface area (Å²) in [6.45, 7) is 0. The first-order chi connectivity index (χ1) is 30.7. The number of hydrogen-bond acceptors (Lipinski definition) is 2. The maximum Gasteiger partial charge on any atom is 0.0546 e. The van der Waals surface area contributed by atoms with E-state index >= 15 is 0 Å². The molecule has 2 heteroatoms. The van der Waals surface area contributed by atoms with Crippen molar-refractivity contribution in [1.29, 1.82) is 0 Å². The van der Waals surface area contributed by atoms with E-state index in [2.05, 4.69) is 248 Å². The monoisotopic (exact) mass is 792 g/mol. The summed E-state index contributed by atoms with van der Waals surface area (Å²) in [7, 11) is 0. The van der Waals surface area contributed by atoms with Gasteiger partial charge >= 0.3 is 0 Å². The molecule has 0 aliphatic rings. The predicted molar refractivity (Wildman–Crippen MR) is 264 cm³/mol. The second-order valence-electron chi connectivity index (χ2n) is 15.6. The van der Waals surface area contributed by atoms with Gasteiger partial charge in [-0.1, -0.05) is 212 Å². The number of nitrogen functional groups attached to an aromatic ring is 1. The van der Waals surface area contributed by atoms with Gasteiger partial charge in [0.25, 0.3) is 0 Å². The molecule has 0 unspecified atom stereocenters. The van der Waals surface area contributed by atoms with Crippen LogP contribution in [0, 0.1) is 0 Å². The lowest BCUT2D eigenvalue weighted by Gasteiger charge is -2.31. The molecule has 0 spiro atoms. The Bertz CT molecular complexity index is 2950. The van der Waals surface area contributed by atoms with Crippen LogP contribution in [0.4, 0.5) is 22.7 Å². The molecule has 2 N–H and O–H groups in total. The molecule has 0 radical (unpaired) electrons. The molecule has 0 amide bonds. The molecule has 62 heavy (non-hydrogen) atoms. The van der Waals surface area contributed by atoms with Crippen molar-refractivity contribution in [2.45, 2.75) is 0 Å². The van der Waals surface area contributed by atoms with Gasteiger partial charge in [0.1, 0.15) is 0 Å². The van der Waals surface area contributed by atoms with Crippen LogP contribution >= 0.6 is 0 Å². The zero-order valence-corrected chi connectivity index (χ0v) is 34.3. The molecule has 0 saturated heterocycles. The first-order valence-electron chi connectivity index (χ1n) is 21.1. The molecule has 294 valence electrons. The van der Waals surface area contributed by atoms with Crippen molar-refractivity contribution >= 4 is 22.7 Å². The molecular formula is C60H44N2. The van der Waals surface area contributed by atoms with Gasteiger partial charge in [0.05, 0.1) is 5.69 Å². The van der Waals surface area contributed by atoms with Crippen LogP contribution in [0.25, 0.3) is 77.9 Å². The summed E-state index contributed by atoms with van der Waals surface area (Å²) in [6, 6.07) is 91.2. The third-order valence-electron chi connectivity index (χ3n) is 11.7. The van der Waals surface area contributed by atoms with E-state index in [0.717, 1.165) is 56.1 Å². The molecule has 10 rings (SSSR count). The molecule has 0 aliphatic carbocycles. The zero-order chi connectivity index (χ0) is 41.7. The normalized spacial score (nSPS) is 11.0. The fourth-order valence-corrected chi connectivity index (χ4v) is 8.49. The van der Waals surface area contributed by atoms with Crippen LogP contribution in [0.2, 0.25) is 0 Å². The first kappa shape index (κ1) is 38.0. The maximum atomic E-state index is 6.29. The third-order valence-corrected chi connectivity index (χ3v) is 11.7. The molecule has 0 aromatic heterocycles. The summed E-state index contributed by atoms with van der Waals surface area (Å²) >= 11 is 0. The van der Waals surface area contributed by atoms with Crippen LogP contribution < -0.4 is 10.6 Å². The second kappa shape index (κ2) is 17.2. The summed E-state index contributed by atoms with van der Waals surface area (Å²) in [5.74, 6) is 0. The van der Waals surface area contributed by atoms with Gasteiger partial charge in [-0.25, -0.2) is 0 Å². The summed E-state index contributed by atoms with van der Waals surface area (Å²) in [6.07, 6.45) is 0. The fourth-order valence-electron chi connectivity index (χ4n) is 8.49. The molecule has 0 bridgehead atoms. The molecule has 0 heterocycles. The lowest BCUT2D eigenvalue weighted by Crippen LogP contribution is -2.12. The SMILES string of the molecule is Nc1ccc(-c2ccc(N(c3ccc(-c4ccccc4)cc3)c3ccc(-c4ccccc4)cc3)c(-c3ccc(-c4ccccc4)cc3)c2-c2ccc(-c3ccccc3)cc2)cc1. The molecule has 0 fully saturated rings. The van der Waals surface area contributed by atoms with E-state index in [4.69, 9.17) is 5.73 Å². The smallest absolute Gasteiger partial charge is 0.0546 e. The van der Waals surface area contributed by atoms with Gasteiger partial charge in [0.2, 0.25) is 0 Å². The topological polar surface area (TPSA) is 29.3 Å². The summed E-state index contributed by atoms with van der Waals surface area (Å²) < 4.78 is 0. The van der Waals surface area contributed by atoms with Crippen LogP contribution in [0.15, 0.2) is 255 Å². The van der Waals surface area contributed by atoms with Crippen molar-refractivity contribution in [1.82, 2.24) is 0 Å². The highest BCUT2D eigenvalue weighted by molar-refractivity contribution is 6.03. The van der Waals surface area contributed by atoms with E-state index in [1.165, 1.54) is 44.5 Å². The van der Waals surface area contributed by atoms with Crippen molar-refractivity contribution in [2.75, 3.05) is 10.6 Å². The molecular weight excluding hydrogens is 749 g/mol. The predicted octanol–water partition coefficient (Wildman–Crippen LogP) is 16.4. The van der Waals surface area contributed by atoms with Crippen LogP contribution in [0.1, 0.15) is 0 Å². The number of nitrogens with zero attached hydrogens (tertiary/aromatic N) is 1. The van der Waals surface area contributed by atoms with Crippen molar-refractivity contribution in [2.24, 2.45) is 0 Å². The standard InChI is InChI=1S/C60H44N2/c61-54-35-29-51(30-36-54)57-41-42-58(62(55-37-31-49(32-38-55)45-17-9-3-10-18-45)56-39-33-50(34-40-56)46-19-11-4-12-20-46)60(53-27-23-48(24-28-53)44-15-7-2-8-16-44)59(57)52-25-21-47(22-26-52)43-13-5-1-6-14-43/h1-42H,61H2. The Morgan fingerprint density at radius 3 is 0.887 bits per heavy atom. The average Bonchev–Trinajstić information content (AvgIpc) is 3.36. The molecule has 10 aromatic rings.